The first-order chi connectivity index (χ1) is 20.1. The highest BCUT2D eigenvalue weighted by Gasteiger charge is 2.27. The van der Waals surface area contributed by atoms with Gasteiger partial charge in [-0.05, 0) is 88.6 Å². The maximum atomic E-state index is 13.5. The molecule has 0 heterocycles. The number of nitrogens with one attached hydrogen (secondary N) is 1. The van der Waals surface area contributed by atoms with Crippen LogP contribution in [0.5, 0.6) is 11.5 Å². The number of hydrogen-bond acceptors (Lipinski definition) is 6. The van der Waals surface area contributed by atoms with E-state index in [9.17, 15) is 13.2 Å². The van der Waals surface area contributed by atoms with Crippen LogP contribution in [0.15, 0.2) is 104 Å². The minimum absolute atomic E-state index is 0.0692. The van der Waals surface area contributed by atoms with E-state index in [1.165, 1.54) is 25.5 Å². The van der Waals surface area contributed by atoms with Gasteiger partial charge < -0.3 is 9.47 Å². The average Bonchev–Trinajstić information content (AvgIpc) is 2.96. The fourth-order valence-corrected chi connectivity index (χ4v) is 6.32. The third kappa shape index (κ3) is 8.13. The Bertz CT molecular complexity index is 1700. The number of ether oxygens (including phenoxy) is 2. The van der Waals surface area contributed by atoms with Crippen molar-refractivity contribution in [3.63, 3.8) is 0 Å². The molecule has 218 valence electrons. The van der Waals surface area contributed by atoms with E-state index in [0.29, 0.717) is 43.3 Å². The molecule has 0 aliphatic rings. The molecule has 0 aliphatic heterocycles. The Balaban J connectivity index is 1.48. The highest BCUT2D eigenvalue weighted by Crippen LogP contribution is 2.37. The molecule has 12 heteroatoms. The summed E-state index contributed by atoms with van der Waals surface area (Å²) in [6.07, 6.45) is 1.42. The van der Waals surface area contributed by atoms with Gasteiger partial charge in [0.25, 0.3) is 15.9 Å². The maximum absolute atomic E-state index is 13.5. The van der Waals surface area contributed by atoms with Gasteiger partial charge in [0.2, 0.25) is 0 Å². The van der Waals surface area contributed by atoms with Crippen LogP contribution in [0.25, 0.3) is 0 Å². The smallest absolute Gasteiger partial charge is 0.264 e. The lowest BCUT2D eigenvalue weighted by Crippen LogP contribution is -2.39. The third-order valence-electron chi connectivity index (χ3n) is 5.94. The van der Waals surface area contributed by atoms with Gasteiger partial charge in [-0.2, -0.15) is 5.10 Å². The average molecular weight is 736 g/mol. The molecule has 4 aromatic carbocycles. The van der Waals surface area contributed by atoms with Crippen molar-refractivity contribution in [2.75, 3.05) is 18.0 Å². The zero-order valence-electron chi connectivity index (χ0n) is 22.6. The maximum Gasteiger partial charge on any atom is 0.264 e. The quantitative estimate of drug-likeness (QED) is 0.131. The number of hydrazone groups is 1. The summed E-state index contributed by atoms with van der Waals surface area (Å²) < 4.78 is 40.9. The number of anilines is 1. The van der Waals surface area contributed by atoms with E-state index in [0.717, 1.165) is 15.4 Å². The summed E-state index contributed by atoms with van der Waals surface area (Å²) >= 11 is 12.8. The van der Waals surface area contributed by atoms with Gasteiger partial charge in [-0.1, -0.05) is 63.4 Å². The van der Waals surface area contributed by atoms with E-state index in [4.69, 9.17) is 21.1 Å². The van der Waals surface area contributed by atoms with E-state index in [1.807, 2.05) is 19.1 Å². The number of halogens is 3. The molecule has 0 saturated heterocycles. The van der Waals surface area contributed by atoms with Crippen molar-refractivity contribution < 1.29 is 22.7 Å². The van der Waals surface area contributed by atoms with E-state index in [1.54, 1.807) is 60.7 Å². The van der Waals surface area contributed by atoms with Crippen molar-refractivity contribution >= 4 is 71.3 Å². The predicted molar refractivity (Wildman–Crippen MR) is 172 cm³/mol. The summed E-state index contributed by atoms with van der Waals surface area (Å²) in [5.74, 6) is 0.326. The summed E-state index contributed by atoms with van der Waals surface area (Å²) in [7, 11) is -2.53. The Hall–Kier alpha value is -3.38. The Morgan fingerprint density at radius 1 is 1.02 bits per heavy atom. The molecule has 0 unspecified atom stereocenters. The number of hydrogen-bond donors (Lipinski definition) is 1. The molecule has 1 N–H and O–H groups in total. The first-order valence-corrected chi connectivity index (χ1v) is 15.9. The van der Waals surface area contributed by atoms with Crippen LogP contribution in [0.3, 0.4) is 0 Å². The summed E-state index contributed by atoms with van der Waals surface area (Å²) in [6, 6.07) is 23.9. The fraction of sp³-hybridized carbons (Fsp3) is 0.133. The molecular formula is C30H26Br2ClN3O5S. The van der Waals surface area contributed by atoms with Crippen LogP contribution in [0.4, 0.5) is 5.69 Å². The highest BCUT2D eigenvalue weighted by molar-refractivity contribution is 9.10. The molecule has 42 heavy (non-hydrogen) atoms. The molecule has 4 rings (SSSR count). The zero-order valence-corrected chi connectivity index (χ0v) is 27.3. The van der Waals surface area contributed by atoms with Crippen molar-refractivity contribution in [3.05, 3.63) is 116 Å². The number of carbonyl (C=O) groups is 1. The Labute approximate surface area is 266 Å². The molecule has 0 aromatic heterocycles. The van der Waals surface area contributed by atoms with Crippen LogP contribution in [-0.4, -0.2) is 34.2 Å². The molecule has 0 bridgehead atoms. The minimum atomic E-state index is -4.05. The molecular weight excluding hydrogens is 710 g/mol. The molecule has 0 atom stereocenters. The number of nitrogens with zero attached hydrogens (tertiary/aromatic N) is 2. The highest BCUT2D eigenvalue weighted by atomic mass is 79.9. The number of methoxy groups -OCH3 is 1. The third-order valence-corrected chi connectivity index (χ3v) is 9.07. The molecule has 0 saturated carbocycles. The first kappa shape index (κ1) is 31.6. The van der Waals surface area contributed by atoms with Gasteiger partial charge in [0.05, 0.1) is 28.4 Å². The second kappa shape index (κ2) is 14.2. The SMILES string of the molecule is COc1cc(/C=N\NC(=O)CN(c2cccc(Br)c2)S(=O)(=O)c2ccc(C)cc2)cc(Br)c1OCc1ccc(Cl)cc1. The van der Waals surface area contributed by atoms with Gasteiger partial charge in [0.15, 0.2) is 11.5 Å². The normalized spacial score (nSPS) is 11.4. The van der Waals surface area contributed by atoms with E-state index in [2.05, 4.69) is 42.4 Å². The number of aryl methyl sites for hydroxylation is 1. The van der Waals surface area contributed by atoms with E-state index < -0.39 is 22.5 Å². The van der Waals surface area contributed by atoms with Gasteiger partial charge in [0, 0.05) is 9.50 Å². The number of benzene rings is 4. The van der Waals surface area contributed by atoms with Gasteiger partial charge in [-0.3, -0.25) is 9.10 Å². The lowest BCUT2D eigenvalue weighted by molar-refractivity contribution is -0.119. The van der Waals surface area contributed by atoms with Crippen LogP contribution in [0.1, 0.15) is 16.7 Å². The summed E-state index contributed by atoms with van der Waals surface area (Å²) in [5.41, 5.74) is 5.20. The van der Waals surface area contributed by atoms with Crippen LogP contribution < -0.4 is 19.2 Å². The minimum Gasteiger partial charge on any atom is -0.493 e. The molecule has 1 amide bonds. The van der Waals surface area contributed by atoms with Gasteiger partial charge >= 0.3 is 0 Å². The number of sulfonamides is 1. The van der Waals surface area contributed by atoms with Crippen molar-refractivity contribution in [2.24, 2.45) is 5.10 Å². The molecule has 0 spiro atoms. The monoisotopic (exact) mass is 733 g/mol. The number of carbonyl (C=O) groups excluding carboxylic acids is 1. The Morgan fingerprint density at radius 2 is 1.74 bits per heavy atom. The lowest BCUT2D eigenvalue weighted by Gasteiger charge is -2.24. The predicted octanol–water partition coefficient (Wildman–Crippen LogP) is 7.11. The van der Waals surface area contributed by atoms with E-state index in [-0.39, 0.29) is 4.90 Å². The van der Waals surface area contributed by atoms with Crippen molar-refractivity contribution in [1.82, 2.24) is 5.43 Å². The molecule has 0 aliphatic carbocycles. The fourth-order valence-electron chi connectivity index (χ4n) is 3.82. The van der Waals surface area contributed by atoms with Crippen molar-refractivity contribution in [2.45, 2.75) is 18.4 Å². The van der Waals surface area contributed by atoms with Crippen LogP contribution >= 0.6 is 43.5 Å². The molecule has 4 aromatic rings. The van der Waals surface area contributed by atoms with Crippen LogP contribution in [0, 0.1) is 6.92 Å². The second-order valence-electron chi connectivity index (χ2n) is 9.05. The summed E-state index contributed by atoms with van der Waals surface area (Å²) in [4.78, 5) is 13.0. The number of amides is 1. The number of rotatable bonds is 11. The first-order valence-electron chi connectivity index (χ1n) is 12.5. The van der Waals surface area contributed by atoms with Gasteiger partial charge in [-0.25, -0.2) is 13.8 Å². The zero-order chi connectivity index (χ0) is 30.3. The van der Waals surface area contributed by atoms with Crippen LogP contribution in [-0.2, 0) is 21.4 Å². The van der Waals surface area contributed by atoms with Gasteiger partial charge in [0.1, 0.15) is 13.2 Å². The molecule has 0 radical (unpaired) electrons. The van der Waals surface area contributed by atoms with Crippen molar-refractivity contribution in [3.8, 4) is 11.5 Å². The van der Waals surface area contributed by atoms with Gasteiger partial charge in [-0.15, -0.1) is 0 Å². The Morgan fingerprint density at radius 3 is 2.40 bits per heavy atom. The Kier molecular flexibility index (Phi) is 10.7. The molecule has 8 nitrogen and oxygen atoms in total. The van der Waals surface area contributed by atoms with Crippen LogP contribution in [0.2, 0.25) is 5.02 Å². The van der Waals surface area contributed by atoms with E-state index >= 15 is 0 Å². The van der Waals surface area contributed by atoms with Crippen molar-refractivity contribution in [1.29, 1.82) is 0 Å². The summed E-state index contributed by atoms with van der Waals surface area (Å²) in [6.45, 7) is 1.67. The standard InChI is InChI=1S/C30H26Br2ClN3O5S/c1-20-6-12-26(13-7-20)42(38,39)36(25-5-3-4-23(31)16-25)18-29(37)35-34-17-22-14-27(32)30(28(15-22)40-2)41-19-21-8-10-24(33)11-9-21/h3-17H,18-19H2,1-2H3,(H,35,37)/b34-17-. The largest absolute Gasteiger partial charge is 0.493 e. The second-order valence-corrected chi connectivity index (χ2v) is 13.1. The molecule has 0 fully saturated rings. The topological polar surface area (TPSA) is 97.3 Å². The lowest BCUT2D eigenvalue weighted by atomic mass is 10.2. The summed E-state index contributed by atoms with van der Waals surface area (Å²) in [5, 5.41) is 4.68.